The Hall–Kier alpha value is -1.82. The first kappa shape index (κ1) is 26.8. The van der Waals surface area contributed by atoms with E-state index in [0.29, 0.717) is 38.0 Å². The van der Waals surface area contributed by atoms with Gasteiger partial charge in [0.1, 0.15) is 5.54 Å². The van der Waals surface area contributed by atoms with Crippen LogP contribution in [-0.4, -0.2) is 59.5 Å². The Morgan fingerprint density at radius 3 is 2.26 bits per heavy atom. The summed E-state index contributed by atoms with van der Waals surface area (Å²) in [5, 5.41) is 31.1. The van der Waals surface area contributed by atoms with Crippen LogP contribution in [0.2, 0.25) is 6.32 Å². The minimum absolute atomic E-state index is 0.108. The highest BCUT2D eigenvalue weighted by Gasteiger charge is 2.48. The van der Waals surface area contributed by atoms with Crippen LogP contribution in [0.5, 0.6) is 0 Å². The third-order valence-electron chi connectivity index (χ3n) is 7.44. The van der Waals surface area contributed by atoms with Crippen LogP contribution < -0.4 is 16.0 Å². The van der Waals surface area contributed by atoms with Gasteiger partial charge in [0, 0.05) is 24.8 Å². The van der Waals surface area contributed by atoms with Gasteiger partial charge < -0.3 is 31.1 Å². The summed E-state index contributed by atoms with van der Waals surface area (Å²) in [7, 11) is -1.38. The van der Waals surface area contributed by atoms with Crippen molar-refractivity contribution in [2.75, 3.05) is 24.5 Å². The fourth-order valence-corrected chi connectivity index (χ4v) is 5.03. The maximum absolute atomic E-state index is 12.7. The quantitative estimate of drug-likeness (QED) is 0.242. The second kappa shape index (κ2) is 11.3. The highest BCUT2D eigenvalue weighted by Crippen LogP contribution is 2.39. The highest BCUT2D eigenvalue weighted by molar-refractivity contribution is 6.40. The number of aliphatic carboxylic acids is 1. The van der Waals surface area contributed by atoms with Crippen molar-refractivity contribution in [1.29, 1.82) is 0 Å². The number of carbonyl (C=O) groups is 1. The molecule has 0 radical (unpaired) electrons. The van der Waals surface area contributed by atoms with E-state index >= 15 is 0 Å². The number of hydrogen-bond acceptors (Lipinski definition) is 6. The van der Waals surface area contributed by atoms with Gasteiger partial charge >= 0.3 is 19.3 Å². The monoisotopic (exact) mass is 485 g/mol. The molecule has 0 spiro atoms. The van der Waals surface area contributed by atoms with E-state index in [2.05, 4.69) is 10.2 Å². The molecule has 11 heteroatoms. The largest absolute Gasteiger partial charge is 0.480 e. The minimum atomic E-state index is -4.32. The summed E-state index contributed by atoms with van der Waals surface area (Å²) < 4.78 is 38.2. The Morgan fingerprint density at radius 2 is 1.74 bits per heavy atom. The summed E-state index contributed by atoms with van der Waals surface area (Å²) >= 11 is 0. The molecule has 1 aromatic rings. The number of hydrogen-bond donors (Lipinski definition) is 5. The number of rotatable bonds is 11. The zero-order chi connectivity index (χ0) is 24.9. The van der Waals surface area contributed by atoms with E-state index in [1.165, 1.54) is 12.1 Å². The Morgan fingerprint density at radius 1 is 1.12 bits per heavy atom. The number of piperidine rings is 1. The van der Waals surface area contributed by atoms with Crippen LogP contribution in [0.1, 0.15) is 50.5 Å². The molecule has 1 aliphatic carbocycles. The summed E-state index contributed by atoms with van der Waals surface area (Å²) in [6.45, 7) is 2.41. The van der Waals surface area contributed by atoms with Crippen LogP contribution in [0.15, 0.2) is 24.3 Å². The number of nitrogens with one attached hydrogen (secondary N) is 1. The fourth-order valence-electron chi connectivity index (χ4n) is 5.03. The molecule has 1 saturated carbocycles. The number of halogens is 3. The first-order chi connectivity index (χ1) is 16.0. The van der Waals surface area contributed by atoms with Crippen molar-refractivity contribution in [3.8, 4) is 0 Å². The molecule has 2 aliphatic rings. The van der Waals surface area contributed by atoms with E-state index in [9.17, 15) is 23.1 Å². The summed E-state index contributed by atoms with van der Waals surface area (Å²) in [6.07, 6.45) is 0.543. The summed E-state index contributed by atoms with van der Waals surface area (Å²) in [6, 6.07) is 5.55. The van der Waals surface area contributed by atoms with Crippen molar-refractivity contribution in [2.24, 2.45) is 17.6 Å². The minimum Gasteiger partial charge on any atom is -0.480 e. The number of alkyl halides is 3. The molecule has 1 heterocycles. The molecule has 1 aliphatic heterocycles. The van der Waals surface area contributed by atoms with E-state index < -0.39 is 30.4 Å². The normalized spacial score (nSPS) is 23.3. The van der Waals surface area contributed by atoms with E-state index in [0.717, 1.165) is 50.3 Å². The summed E-state index contributed by atoms with van der Waals surface area (Å²) in [5.74, 6) is -0.643. The molecule has 6 N–H and O–H groups in total. The zero-order valence-electron chi connectivity index (χ0n) is 19.3. The topological polar surface area (TPSA) is 119 Å². The van der Waals surface area contributed by atoms with Crippen molar-refractivity contribution in [3.05, 3.63) is 29.8 Å². The number of carboxylic acids is 1. The maximum Gasteiger partial charge on any atom is 0.451 e. The van der Waals surface area contributed by atoms with E-state index in [4.69, 9.17) is 15.8 Å². The second-order valence-electron chi connectivity index (χ2n) is 9.82. The number of carboxylic acid groups (broad SMARTS) is 1. The lowest BCUT2D eigenvalue weighted by molar-refractivity contribution is -0.148. The van der Waals surface area contributed by atoms with Gasteiger partial charge in [-0.2, -0.15) is 13.2 Å². The standard InChI is InChI=1S/C23H35BF3N3O4/c25-23(26,27)17-3-5-20(6-4-17)30-11-7-16(8-12-30)15-29-19-13-18(14-19)22(28,21(31)32)9-1-2-10-24(33)34/h3-6,16,18-19,29,33-34H,1-2,7-15,28H2,(H,31,32)/t18-,19+,22?. The van der Waals surface area contributed by atoms with E-state index in [1.807, 2.05) is 0 Å². The zero-order valence-corrected chi connectivity index (χ0v) is 19.3. The van der Waals surface area contributed by atoms with Crippen LogP contribution in [0.25, 0.3) is 0 Å². The van der Waals surface area contributed by atoms with E-state index in [1.54, 1.807) is 0 Å². The third kappa shape index (κ3) is 6.87. The average molecular weight is 485 g/mol. The van der Waals surface area contributed by atoms with E-state index in [-0.39, 0.29) is 18.3 Å². The molecular formula is C23H35BF3N3O4. The van der Waals surface area contributed by atoms with Gasteiger partial charge in [-0.3, -0.25) is 4.79 Å². The first-order valence-corrected chi connectivity index (χ1v) is 12.0. The van der Waals surface area contributed by atoms with Crippen LogP contribution >= 0.6 is 0 Å². The van der Waals surface area contributed by atoms with Crippen LogP contribution in [-0.2, 0) is 11.0 Å². The lowest BCUT2D eigenvalue weighted by atomic mass is 9.66. The van der Waals surface area contributed by atoms with Crippen LogP contribution in [0, 0.1) is 11.8 Å². The van der Waals surface area contributed by atoms with Crippen molar-refractivity contribution in [2.45, 2.75) is 69.0 Å². The highest BCUT2D eigenvalue weighted by atomic mass is 19.4. The van der Waals surface area contributed by atoms with Gasteiger partial charge in [0.15, 0.2) is 0 Å². The number of benzene rings is 1. The van der Waals surface area contributed by atoms with Gasteiger partial charge in [0.2, 0.25) is 0 Å². The summed E-state index contributed by atoms with van der Waals surface area (Å²) in [4.78, 5) is 13.9. The predicted molar refractivity (Wildman–Crippen MR) is 124 cm³/mol. The van der Waals surface area contributed by atoms with Crippen molar-refractivity contribution < 1.29 is 33.1 Å². The smallest absolute Gasteiger partial charge is 0.451 e. The molecule has 0 aromatic heterocycles. The van der Waals surface area contributed by atoms with Crippen molar-refractivity contribution >= 4 is 18.8 Å². The SMILES string of the molecule is NC(CCCCB(O)O)(C(=O)O)[C@H]1C[C@@H](NCC2CCN(c3ccc(C(F)(F)F)cc3)CC2)C1. The Kier molecular flexibility index (Phi) is 8.89. The Balaban J connectivity index is 1.37. The molecule has 1 unspecified atom stereocenters. The fraction of sp³-hybridized carbons (Fsp3) is 0.696. The van der Waals surface area contributed by atoms with Crippen LogP contribution in [0.3, 0.4) is 0 Å². The van der Waals surface area contributed by atoms with Gasteiger partial charge in [0.05, 0.1) is 5.56 Å². The van der Waals surface area contributed by atoms with Crippen molar-refractivity contribution in [3.63, 3.8) is 0 Å². The average Bonchev–Trinajstić information content (AvgIpc) is 2.75. The molecular weight excluding hydrogens is 450 g/mol. The molecule has 34 heavy (non-hydrogen) atoms. The van der Waals surface area contributed by atoms with Gasteiger partial charge in [-0.05, 0) is 81.1 Å². The predicted octanol–water partition coefficient (Wildman–Crippen LogP) is 2.72. The first-order valence-electron chi connectivity index (χ1n) is 12.0. The number of nitrogens with two attached hydrogens (primary N) is 1. The van der Waals surface area contributed by atoms with Gasteiger partial charge in [0.25, 0.3) is 0 Å². The molecule has 1 aromatic carbocycles. The number of unbranched alkanes of at least 4 members (excludes halogenated alkanes) is 1. The van der Waals surface area contributed by atoms with Crippen molar-refractivity contribution in [1.82, 2.24) is 5.32 Å². The second-order valence-corrected chi connectivity index (χ2v) is 9.82. The Bertz CT molecular complexity index is 798. The van der Waals surface area contributed by atoms with Crippen LogP contribution in [0.4, 0.5) is 18.9 Å². The molecule has 7 nitrogen and oxygen atoms in total. The molecule has 3 rings (SSSR count). The molecule has 0 bridgehead atoms. The lowest BCUT2D eigenvalue weighted by Gasteiger charge is -2.45. The number of anilines is 1. The molecule has 2 fully saturated rings. The summed E-state index contributed by atoms with van der Waals surface area (Å²) in [5.41, 5.74) is 5.13. The molecule has 1 atom stereocenters. The Labute approximate surface area is 198 Å². The third-order valence-corrected chi connectivity index (χ3v) is 7.44. The molecule has 0 amide bonds. The molecule has 190 valence electrons. The van der Waals surface area contributed by atoms with Gasteiger partial charge in [-0.1, -0.05) is 12.8 Å². The number of nitrogens with zero attached hydrogens (tertiary/aromatic N) is 1. The van der Waals surface area contributed by atoms with Gasteiger partial charge in [-0.25, -0.2) is 0 Å². The molecule has 1 saturated heterocycles. The van der Waals surface area contributed by atoms with Gasteiger partial charge in [-0.15, -0.1) is 0 Å². The lowest BCUT2D eigenvalue weighted by Crippen LogP contribution is -2.61. The maximum atomic E-state index is 12.7.